The molecule has 1 atom stereocenters. The number of nitrogens with zero attached hydrogens (tertiary/aromatic N) is 2. The van der Waals surface area contributed by atoms with Crippen molar-refractivity contribution < 1.29 is 12.8 Å². The quantitative estimate of drug-likeness (QED) is 0.493. The molecule has 0 spiro atoms. The van der Waals surface area contributed by atoms with Crippen LogP contribution in [-0.4, -0.2) is 43.8 Å². The minimum atomic E-state index is -3.74. The summed E-state index contributed by atoms with van der Waals surface area (Å²) in [6.07, 6.45) is 0. The van der Waals surface area contributed by atoms with Gasteiger partial charge in [0, 0.05) is 30.7 Å². The van der Waals surface area contributed by atoms with Gasteiger partial charge in [-0.1, -0.05) is 64.5 Å². The van der Waals surface area contributed by atoms with Crippen LogP contribution in [0.3, 0.4) is 0 Å². The topological polar surface area (TPSA) is 40.6 Å². The van der Waals surface area contributed by atoms with Crippen LogP contribution in [0, 0.1) is 12.7 Å². The molecule has 1 aliphatic heterocycles. The Morgan fingerprint density at radius 1 is 0.871 bits per heavy atom. The predicted octanol–water partition coefficient (Wildman–Crippen LogP) is 4.99. The minimum Gasteiger partial charge on any atom is -0.290 e. The molecule has 1 aliphatic rings. The Kier molecular flexibility index (Phi) is 6.57. The zero-order chi connectivity index (χ0) is 22.0. The predicted molar refractivity (Wildman–Crippen MR) is 124 cm³/mol. The lowest BCUT2D eigenvalue weighted by molar-refractivity contribution is 0.155. The van der Waals surface area contributed by atoms with Crippen LogP contribution in [0.1, 0.15) is 22.7 Å². The van der Waals surface area contributed by atoms with Crippen molar-refractivity contribution >= 4 is 26.0 Å². The normalized spacial score (nSPS) is 16.9. The lowest BCUT2D eigenvalue weighted by atomic mass is 9.96. The number of hydrogen-bond donors (Lipinski definition) is 0. The summed E-state index contributed by atoms with van der Waals surface area (Å²) in [5, 5.41) is 0. The molecule has 1 heterocycles. The second kappa shape index (κ2) is 9.20. The Bertz CT molecular complexity index is 1150. The fraction of sp³-hybridized carbons (Fsp3) is 0.250. The van der Waals surface area contributed by atoms with Crippen molar-refractivity contribution in [2.24, 2.45) is 0 Å². The monoisotopic (exact) mass is 502 g/mol. The number of rotatable bonds is 5. The molecule has 0 aliphatic carbocycles. The Hall–Kier alpha value is -2.06. The highest BCUT2D eigenvalue weighted by Crippen LogP contribution is 2.31. The van der Waals surface area contributed by atoms with Crippen LogP contribution in [0.25, 0.3) is 0 Å². The van der Waals surface area contributed by atoms with Crippen LogP contribution in [-0.2, 0) is 10.0 Å². The van der Waals surface area contributed by atoms with E-state index in [1.165, 1.54) is 22.0 Å². The summed E-state index contributed by atoms with van der Waals surface area (Å²) in [6, 6.07) is 22.4. The number of sulfonamides is 1. The van der Waals surface area contributed by atoms with Gasteiger partial charge in [-0.15, -0.1) is 0 Å². The average molecular weight is 503 g/mol. The van der Waals surface area contributed by atoms with Gasteiger partial charge in [-0.25, -0.2) is 12.8 Å². The second-order valence-corrected chi connectivity index (χ2v) is 10.5. The first-order chi connectivity index (χ1) is 14.9. The molecule has 162 valence electrons. The van der Waals surface area contributed by atoms with Crippen molar-refractivity contribution in [2.75, 3.05) is 26.2 Å². The first-order valence-corrected chi connectivity index (χ1v) is 12.4. The smallest absolute Gasteiger partial charge is 0.243 e. The van der Waals surface area contributed by atoms with Gasteiger partial charge in [-0.2, -0.15) is 4.31 Å². The molecule has 0 bridgehead atoms. The van der Waals surface area contributed by atoms with Gasteiger partial charge in [-0.3, -0.25) is 4.90 Å². The van der Waals surface area contributed by atoms with Gasteiger partial charge in [0.1, 0.15) is 5.82 Å². The van der Waals surface area contributed by atoms with E-state index in [9.17, 15) is 12.8 Å². The number of piperazine rings is 1. The van der Waals surface area contributed by atoms with Crippen molar-refractivity contribution in [3.05, 3.63) is 99.8 Å². The fourth-order valence-corrected chi connectivity index (χ4v) is 6.01. The first-order valence-electron chi connectivity index (χ1n) is 10.2. The summed E-state index contributed by atoms with van der Waals surface area (Å²) in [6.45, 7) is 3.59. The van der Waals surface area contributed by atoms with E-state index in [0.717, 1.165) is 16.1 Å². The third kappa shape index (κ3) is 4.75. The van der Waals surface area contributed by atoms with Crippen molar-refractivity contribution in [1.29, 1.82) is 0 Å². The van der Waals surface area contributed by atoms with E-state index in [1.54, 1.807) is 6.92 Å². The summed E-state index contributed by atoms with van der Waals surface area (Å²) in [5.41, 5.74) is 2.88. The Morgan fingerprint density at radius 3 is 2.13 bits per heavy atom. The van der Waals surface area contributed by atoms with E-state index in [4.69, 9.17) is 0 Å². The number of aryl methyl sites for hydroxylation is 1. The molecule has 4 rings (SSSR count). The Morgan fingerprint density at radius 2 is 1.48 bits per heavy atom. The van der Waals surface area contributed by atoms with E-state index < -0.39 is 15.8 Å². The molecule has 0 N–H and O–H groups in total. The van der Waals surface area contributed by atoms with Crippen LogP contribution >= 0.6 is 15.9 Å². The van der Waals surface area contributed by atoms with Gasteiger partial charge in [0.2, 0.25) is 10.0 Å². The van der Waals surface area contributed by atoms with Gasteiger partial charge in [0.05, 0.1) is 10.9 Å². The third-order valence-corrected chi connectivity index (χ3v) is 8.28. The van der Waals surface area contributed by atoms with E-state index >= 15 is 0 Å². The molecule has 0 amide bonds. The summed E-state index contributed by atoms with van der Waals surface area (Å²) in [7, 11) is -3.74. The van der Waals surface area contributed by atoms with Crippen LogP contribution < -0.4 is 0 Å². The summed E-state index contributed by atoms with van der Waals surface area (Å²) in [5.74, 6) is -0.540. The molecule has 3 aromatic rings. The van der Waals surface area contributed by atoms with Gasteiger partial charge in [-0.05, 0) is 47.9 Å². The fourth-order valence-electron chi connectivity index (χ4n) is 4.09. The van der Waals surface area contributed by atoms with E-state index in [1.807, 2.05) is 30.3 Å². The Balaban J connectivity index is 1.58. The summed E-state index contributed by atoms with van der Waals surface area (Å²) in [4.78, 5) is 2.36. The van der Waals surface area contributed by atoms with Crippen LogP contribution in [0.15, 0.2) is 82.2 Å². The zero-order valence-electron chi connectivity index (χ0n) is 17.2. The third-order valence-electron chi connectivity index (χ3n) is 5.71. The van der Waals surface area contributed by atoms with Crippen LogP contribution in [0.4, 0.5) is 4.39 Å². The van der Waals surface area contributed by atoms with Crippen LogP contribution in [0.2, 0.25) is 0 Å². The first kappa shape index (κ1) is 22.1. The highest BCUT2D eigenvalue weighted by Gasteiger charge is 2.33. The highest BCUT2D eigenvalue weighted by molar-refractivity contribution is 9.10. The van der Waals surface area contributed by atoms with Gasteiger partial charge >= 0.3 is 0 Å². The molecule has 1 fully saturated rings. The van der Waals surface area contributed by atoms with Gasteiger partial charge in [0.25, 0.3) is 0 Å². The number of halogens is 2. The lowest BCUT2D eigenvalue weighted by Crippen LogP contribution is -2.49. The van der Waals surface area contributed by atoms with Crippen molar-refractivity contribution in [3.8, 4) is 0 Å². The molecule has 3 aromatic carbocycles. The van der Waals surface area contributed by atoms with Crippen molar-refractivity contribution in [1.82, 2.24) is 9.21 Å². The number of benzene rings is 3. The van der Waals surface area contributed by atoms with E-state index in [-0.39, 0.29) is 10.9 Å². The molecule has 1 saturated heterocycles. The maximum absolute atomic E-state index is 13.7. The highest BCUT2D eigenvalue weighted by atomic mass is 79.9. The van der Waals surface area contributed by atoms with Crippen LogP contribution in [0.5, 0.6) is 0 Å². The molecule has 0 aromatic heterocycles. The summed E-state index contributed by atoms with van der Waals surface area (Å²) >= 11 is 3.50. The minimum absolute atomic E-state index is 0.0371. The molecule has 0 saturated carbocycles. The second-order valence-electron chi connectivity index (χ2n) is 7.71. The largest absolute Gasteiger partial charge is 0.290 e. The molecular weight excluding hydrogens is 479 g/mol. The molecule has 4 nitrogen and oxygen atoms in total. The van der Waals surface area contributed by atoms with E-state index in [2.05, 4.69) is 45.1 Å². The Labute approximate surface area is 191 Å². The van der Waals surface area contributed by atoms with E-state index in [0.29, 0.717) is 31.7 Å². The maximum Gasteiger partial charge on any atom is 0.243 e. The molecule has 0 radical (unpaired) electrons. The van der Waals surface area contributed by atoms with Gasteiger partial charge < -0.3 is 0 Å². The SMILES string of the molecule is Cc1ccc(F)cc1S(=O)(=O)N1CCN(C(c2ccccc2)c2ccc(Br)cc2)CC1. The summed E-state index contributed by atoms with van der Waals surface area (Å²) < 4.78 is 42.5. The van der Waals surface area contributed by atoms with Crippen molar-refractivity contribution in [3.63, 3.8) is 0 Å². The number of hydrogen-bond acceptors (Lipinski definition) is 3. The maximum atomic E-state index is 13.7. The van der Waals surface area contributed by atoms with Crippen molar-refractivity contribution in [2.45, 2.75) is 17.9 Å². The molecule has 7 heteroatoms. The average Bonchev–Trinajstić information content (AvgIpc) is 2.78. The molecule has 1 unspecified atom stereocenters. The zero-order valence-corrected chi connectivity index (χ0v) is 19.6. The standard InChI is InChI=1S/C24H24BrFN2O2S/c1-18-7-12-22(26)17-23(18)31(29,30)28-15-13-27(14-16-28)24(19-5-3-2-4-6-19)20-8-10-21(25)11-9-20/h2-12,17,24H,13-16H2,1H3. The molecular formula is C24H24BrFN2O2S. The van der Waals surface area contributed by atoms with Gasteiger partial charge in [0.15, 0.2) is 0 Å². The lowest BCUT2D eigenvalue weighted by Gasteiger charge is -2.39. The molecule has 31 heavy (non-hydrogen) atoms.